The van der Waals surface area contributed by atoms with E-state index in [1.54, 1.807) is 0 Å². The first-order valence-corrected chi connectivity index (χ1v) is 7.58. The van der Waals surface area contributed by atoms with Crippen LogP contribution in [0.2, 0.25) is 0 Å². The Morgan fingerprint density at radius 1 is 1.07 bits per heavy atom. The standard InChI is InChI=1S/C13H25NS/c1-2-3-4-5-6-7-8-10-13-14-11-9-12-15-13/h2-12H2,1H3. The van der Waals surface area contributed by atoms with Gasteiger partial charge in [0.25, 0.3) is 0 Å². The van der Waals surface area contributed by atoms with E-state index in [1.165, 1.54) is 68.6 Å². The third-order valence-corrected chi connectivity index (χ3v) is 4.01. The van der Waals surface area contributed by atoms with Crippen molar-refractivity contribution >= 4 is 16.8 Å². The summed E-state index contributed by atoms with van der Waals surface area (Å²) >= 11 is 1.99. The van der Waals surface area contributed by atoms with Crippen LogP contribution < -0.4 is 0 Å². The second kappa shape index (κ2) is 9.26. The summed E-state index contributed by atoms with van der Waals surface area (Å²) in [6.07, 6.45) is 12.4. The highest BCUT2D eigenvalue weighted by atomic mass is 32.2. The maximum absolute atomic E-state index is 4.56. The van der Waals surface area contributed by atoms with E-state index in [1.807, 2.05) is 11.8 Å². The van der Waals surface area contributed by atoms with Crippen molar-refractivity contribution < 1.29 is 0 Å². The molecule has 0 aromatic carbocycles. The number of thioether (sulfide) groups is 1. The molecule has 0 saturated heterocycles. The lowest BCUT2D eigenvalue weighted by Crippen LogP contribution is -2.03. The Morgan fingerprint density at radius 2 is 1.80 bits per heavy atom. The van der Waals surface area contributed by atoms with Crippen LogP contribution in [0.3, 0.4) is 0 Å². The number of hydrogen-bond donors (Lipinski definition) is 0. The van der Waals surface area contributed by atoms with Gasteiger partial charge in [0, 0.05) is 12.3 Å². The van der Waals surface area contributed by atoms with Crippen molar-refractivity contribution in [2.45, 2.75) is 64.7 Å². The Bertz CT molecular complexity index is 177. The molecule has 0 bridgehead atoms. The zero-order valence-corrected chi connectivity index (χ0v) is 11.0. The van der Waals surface area contributed by atoms with E-state index in [2.05, 4.69) is 11.9 Å². The molecule has 1 aliphatic heterocycles. The molecule has 88 valence electrons. The van der Waals surface area contributed by atoms with Crippen LogP contribution in [0.5, 0.6) is 0 Å². The molecule has 2 heteroatoms. The predicted octanol–water partition coefficient (Wildman–Crippen LogP) is 4.66. The number of nitrogens with zero attached hydrogens (tertiary/aromatic N) is 1. The van der Waals surface area contributed by atoms with E-state index in [0.29, 0.717) is 0 Å². The monoisotopic (exact) mass is 227 g/mol. The summed E-state index contributed by atoms with van der Waals surface area (Å²) in [5, 5.41) is 1.43. The lowest BCUT2D eigenvalue weighted by Gasteiger charge is -2.10. The Hall–Kier alpha value is 0.0200. The van der Waals surface area contributed by atoms with Gasteiger partial charge in [0.1, 0.15) is 0 Å². The highest BCUT2D eigenvalue weighted by Crippen LogP contribution is 2.18. The Balaban J connectivity index is 1.86. The third kappa shape index (κ3) is 6.99. The van der Waals surface area contributed by atoms with E-state index >= 15 is 0 Å². The first kappa shape index (κ1) is 13.1. The molecule has 1 rings (SSSR count). The van der Waals surface area contributed by atoms with Gasteiger partial charge in [0.2, 0.25) is 0 Å². The summed E-state index contributed by atoms with van der Waals surface area (Å²) < 4.78 is 0. The molecule has 1 nitrogen and oxygen atoms in total. The number of rotatable bonds is 8. The van der Waals surface area contributed by atoms with Crippen molar-refractivity contribution in [3.63, 3.8) is 0 Å². The van der Waals surface area contributed by atoms with Crippen LogP contribution in [0.1, 0.15) is 64.7 Å². The molecule has 15 heavy (non-hydrogen) atoms. The largest absolute Gasteiger partial charge is 0.283 e. The van der Waals surface area contributed by atoms with Crippen molar-refractivity contribution in [1.29, 1.82) is 0 Å². The van der Waals surface area contributed by atoms with Crippen molar-refractivity contribution in [3.05, 3.63) is 0 Å². The quantitative estimate of drug-likeness (QED) is 0.549. The first-order valence-electron chi connectivity index (χ1n) is 6.59. The fourth-order valence-electron chi connectivity index (χ4n) is 1.89. The average Bonchev–Trinajstić information content (AvgIpc) is 2.29. The lowest BCUT2D eigenvalue weighted by atomic mass is 10.1. The number of aliphatic imine (C=N–C) groups is 1. The van der Waals surface area contributed by atoms with Gasteiger partial charge in [-0.3, -0.25) is 4.99 Å². The van der Waals surface area contributed by atoms with E-state index in [9.17, 15) is 0 Å². The molecule has 0 saturated carbocycles. The molecular weight excluding hydrogens is 202 g/mol. The molecule has 0 aromatic heterocycles. The van der Waals surface area contributed by atoms with Gasteiger partial charge in [0.15, 0.2) is 0 Å². The molecule has 1 heterocycles. The molecule has 0 fully saturated rings. The molecule has 0 aliphatic carbocycles. The molecule has 0 N–H and O–H groups in total. The summed E-state index contributed by atoms with van der Waals surface area (Å²) in [5.41, 5.74) is 0. The fourth-order valence-corrected chi connectivity index (χ4v) is 2.87. The summed E-state index contributed by atoms with van der Waals surface area (Å²) in [7, 11) is 0. The summed E-state index contributed by atoms with van der Waals surface area (Å²) in [5.74, 6) is 1.30. The van der Waals surface area contributed by atoms with Gasteiger partial charge in [-0.1, -0.05) is 45.4 Å². The molecule has 1 aliphatic rings. The second-order valence-corrected chi connectivity index (χ2v) is 5.52. The number of unbranched alkanes of at least 4 members (excludes halogenated alkanes) is 6. The Morgan fingerprint density at radius 3 is 2.47 bits per heavy atom. The highest BCUT2D eigenvalue weighted by molar-refractivity contribution is 8.13. The van der Waals surface area contributed by atoms with E-state index in [4.69, 9.17) is 0 Å². The van der Waals surface area contributed by atoms with Crippen LogP contribution in [-0.4, -0.2) is 17.3 Å². The van der Waals surface area contributed by atoms with E-state index in [0.717, 1.165) is 6.54 Å². The van der Waals surface area contributed by atoms with Crippen LogP contribution in [0, 0.1) is 0 Å². The minimum atomic E-state index is 1.08. The highest BCUT2D eigenvalue weighted by Gasteiger charge is 2.04. The van der Waals surface area contributed by atoms with Crippen LogP contribution in [-0.2, 0) is 0 Å². The summed E-state index contributed by atoms with van der Waals surface area (Å²) in [6, 6.07) is 0. The first-order chi connectivity index (χ1) is 7.43. The van der Waals surface area contributed by atoms with Gasteiger partial charge >= 0.3 is 0 Å². The number of hydrogen-bond acceptors (Lipinski definition) is 2. The van der Waals surface area contributed by atoms with Crippen LogP contribution >= 0.6 is 11.8 Å². The molecule has 0 aromatic rings. The molecule has 0 amide bonds. The zero-order chi connectivity index (χ0) is 10.8. The van der Waals surface area contributed by atoms with Crippen molar-refractivity contribution in [1.82, 2.24) is 0 Å². The third-order valence-electron chi connectivity index (χ3n) is 2.85. The maximum atomic E-state index is 4.56. The average molecular weight is 227 g/mol. The van der Waals surface area contributed by atoms with Crippen molar-refractivity contribution in [2.75, 3.05) is 12.3 Å². The minimum absolute atomic E-state index is 1.08. The van der Waals surface area contributed by atoms with Gasteiger partial charge in [-0.25, -0.2) is 0 Å². The second-order valence-electron chi connectivity index (χ2n) is 4.35. The fraction of sp³-hybridized carbons (Fsp3) is 0.923. The molecule has 0 unspecified atom stereocenters. The maximum Gasteiger partial charge on any atom is 0.0675 e. The van der Waals surface area contributed by atoms with Crippen LogP contribution in [0.25, 0.3) is 0 Å². The van der Waals surface area contributed by atoms with Gasteiger partial charge in [-0.05, 0) is 19.3 Å². The minimum Gasteiger partial charge on any atom is -0.283 e. The Kier molecular flexibility index (Phi) is 8.08. The zero-order valence-electron chi connectivity index (χ0n) is 10.1. The SMILES string of the molecule is CCCCCCCCCC1=NCCCS1. The van der Waals surface area contributed by atoms with E-state index in [-0.39, 0.29) is 0 Å². The Labute approximate surface area is 99.1 Å². The van der Waals surface area contributed by atoms with Gasteiger partial charge in [-0.2, -0.15) is 0 Å². The van der Waals surface area contributed by atoms with Crippen molar-refractivity contribution in [2.24, 2.45) is 4.99 Å². The topological polar surface area (TPSA) is 12.4 Å². The van der Waals surface area contributed by atoms with E-state index < -0.39 is 0 Å². The van der Waals surface area contributed by atoms with Crippen molar-refractivity contribution in [3.8, 4) is 0 Å². The molecule has 0 spiro atoms. The van der Waals surface area contributed by atoms with Gasteiger partial charge in [0.05, 0.1) is 5.04 Å². The summed E-state index contributed by atoms with van der Waals surface area (Å²) in [4.78, 5) is 4.56. The predicted molar refractivity (Wildman–Crippen MR) is 72.0 cm³/mol. The smallest absolute Gasteiger partial charge is 0.0675 e. The van der Waals surface area contributed by atoms with Crippen LogP contribution in [0.15, 0.2) is 4.99 Å². The van der Waals surface area contributed by atoms with Gasteiger partial charge in [-0.15, -0.1) is 11.8 Å². The van der Waals surface area contributed by atoms with Gasteiger partial charge < -0.3 is 0 Å². The van der Waals surface area contributed by atoms with Crippen LogP contribution in [0.4, 0.5) is 0 Å². The molecular formula is C13H25NS. The molecule has 0 atom stereocenters. The normalized spacial score (nSPS) is 16.5. The molecule has 0 radical (unpaired) electrons. The summed E-state index contributed by atoms with van der Waals surface area (Å²) in [6.45, 7) is 3.36. The lowest BCUT2D eigenvalue weighted by molar-refractivity contribution is 0.595.